The van der Waals surface area contributed by atoms with Gasteiger partial charge >= 0.3 is 0 Å². The molecule has 0 heterocycles. The summed E-state index contributed by atoms with van der Waals surface area (Å²) in [5.74, 6) is -0.0162. The van der Waals surface area contributed by atoms with E-state index in [9.17, 15) is 4.57 Å². The maximum Gasteiger partial charge on any atom is 0.203 e. The molecule has 0 rings (SSSR count). The molecule has 0 aliphatic rings. The average molecular weight is 156 g/mol. The molecule has 0 aromatic rings. The molecule has 0 saturated heterocycles. The second kappa shape index (κ2) is 2.84. The Hall–Kier alpha value is 0.450. The Morgan fingerprint density at radius 1 is 1.88 bits per heavy atom. The molecule has 0 aliphatic carbocycles. The molecule has 2 N–H and O–H groups in total. The molecule has 0 aromatic heterocycles. The van der Waals surface area contributed by atoms with Gasteiger partial charge in [0.25, 0.3) is 0 Å². The average Bonchev–Trinajstić information content (AvgIpc) is 1.21. The van der Waals surface area contributed by atoms with Crippen molar-refractivity contribution in [2.75, 3.05) is 12.6 Å². The lowest BCUT2D eigenvalue weighted by molar-refractivity contribution is 0.489. The highest BCUT2D eigenvalue weighted by Crippen LogP contribution is 2.42. The first-order chi connectivity index (χ1) is 3.42. The third kappa shape index (κ3) is 6.45. The monoisotopic (exact) mass is 156 g/mol. The summed E-state index contributed by atoms with van der Waals surface area (Å²) in [4.78, 5) is 17.1. The smallest absolute Gasteiger partial charge is 0.203 e. The molecule has 0 saturated carbocycles. The van der Waals surface area contributed by atoms with Crippen molar-refractivity contribution in [2.24, 2.45) is 0 Å². The molecule has 0 aliphatic heterocycles. The van der Waals surface area contributed by atoms with Crippen LogP contribution in [0.5, 0.6) is 0 Å². The molecule has 0 aromatic carbocycles. The number of hydrogen-bond acceptors (Lipinski definition) is 2. The van der Waals surface area contributed by atoms with Gasteiger partial charge in [0, 0.05) is 6.66 Å². The van der Waals surface area contributed by atoms with Gasteiger partial charge in [-0.2, -0.15) is 0 Å². The van der Waals surface area contributed by atoms with Crippen LogP contribution in [-0.4, -0.2) is 28.7 Å². The van der Waals surface area contributed by atoms with E-state index in [4.69, 9.17) is 9.79 Å². The van der Waals surface area contributed by atoms with Crippen molar-refractivity contribution < 1.29 is 14.4 Å². The zero-order chi connectivity index (χ0) is 6.78. The van der Waals surface area contributed by atoms with Crippen LogP contribution in [0, 0.1) is 0 Å². The predicted octanol–water partition coefficient (Wildman–Crippen LogP) is 0.398. The molecule has 0 fully saturated rings. The van der Waals surface area contributed by atoms with E-state index in [2.05, 4.69) is 6.30 Å². The highest BCUT2D eigenvalue weighted by Gasteiger charge is 2.08. The van der Waals surface area contributed by atoms with Crippen LogP contribution in [0.3, 0.4) is 0 Å². The van der Waals surface area contributed by atoms with E-state index in [0.717, 1.165) is 0 Å². The van der Waals surface area contributed by atoms with Crippen LogP contribution in [0.2, 0.25) is 0 Å². The minimum Gasteiger partial charge on any atom is -0.379 e. The van der Waals surface area contributed by atoms with Crippen LogP contribution in [0.1, 0.15) is 0 Å². The molecule has 2 atom stereocenters. The van der Waals surface area contributed by atoms with Crippen molar-refractivity contribution in [3.05, 3.63) is 0 Å². The molecule has 3 nitrogen and oxygen atoms in total. The van der Waals surface area contributed by atoms with Crippen LogP contribution in [-0.2, 0) is 4.57 Å². The van der Waals surface area contributed by atoms with Gasteiger partial charge in [-0.1, -0.05) is 6.30 Å². The summed E-state index contributed by atoms with van der Waals surface area (Å²) in [5, 5.41) is 0. The first-order valence-electron chi connectivity index (χ1n) is 2.08. The van der Waals surface area contributed by atoms with Gasteiger partial charge in [-0.3, -0.25) is 4.57 Å². The van der Waals surface area contributed by atoms with Gasteiger partial charge in [-0.05, 0) is 7.77 Å². The third-order valence-electron chi connectivity index (χ3n) is 0.476. The van der Waals surface area contributed by atoms with Gasteiger partial charge in [0.1, 0.15) is 0 Å². The zero-order valence-electron chi connectivity index (χ0n) is 4.66. The summed E-state index contributed by atoms with van der Waals surface area (Å²) in [5.41, 5.74) is 0. The Balaban J connectivity index is 3.74. The van der Waals surface area contributed by atoms with E-state index >= 15 is 0 Å². The molecule has 0 radical (unpaired) electrons. The summed E-state index contributed by atoms with van der Waals surface area (Å²) in [6, 6.07) is 0. The standard InChI is InChI=1S/C3H10O3P2/c1-7(4)3-8(2,5)6/h4,7H,1,3H2,2H3,(H,5,6). The first kappa shape index (κ1) is 8.45. The molecule has 50 valence electrons. The topological polar surface area (TPSA) is 57.5 Å². The molecular formula is C3H10O3P2. The zero-order valence-corrected chi connectivity index (χ0v) is 6.56. The Labute approximate surface area is 49.3 Å². The van der Waals surface area contributed by atoms with Crippen molar-refractivity contribution >= 4 is 21.4 Å². The van der Waals surface area contributed by atoms with Gasteiger partial charge in [0.2, 0.25) is 7.37 Å². The third-order valence-corrected chi connectivity index (χ3v) is 4.28. The molecular weight excluding hydrogens is 146 g/mol. The molecule has 2 unspecified atom stereocenters. The Bertz CT molecular complexity index is 135. The minimum absolute atomic E-state index is 0.0162. The molecule has 0 bridgehead atoms. The Kier molecular flexibility index (Phi) is 3.00. The Morgan fingerprint density at radius 2 is 2.25 bits per heavy atom. The summed E-state index contributed by atoms with van der Waals surface area (Å²) in [6.45, 7) is 1.22. The quantitative estimate of drug-likeness (QED) is 0.569. The van der Waals surface area contributed by atoms with Gasteiger partial charge in [0.05, 0.1) is 5.90 Å². The molecule has 0 amide bonds. The molecule has 0 spiro atoms. The lowest BCUT2D eigenvalue weighted by Crippen LogP contribution is -1.78. The SMILES string of the molecule is C=[PH](O)CP(C)(=O)O. The lowest BCUT2D eigenvalue weighted by Gasteiger charge is -2.01. The predicted molar refractivity (Wildman–Crippen MR) is 38.3 cm³/mol. The van der Waals surface area contributed by atoms with Gasteiger partial charge < -0.3 is 9.79 Å². The number of hydrogen-bond donors (Lipinski definition) is 2. The van der Waals surface area contributed by atoms with Gasteiger partial charge in [-0.25, -0.2) is 0 Å². The van der Waals surface area contributed by atoms with Gasteiger partial charge in [-0.15, -0.1) is 0 Å². The fraction of sp³-hybridized carbons (Fsp3) is 0.667. The second-order valence-electron chi connectivity index (χ2n) is 1.78. The molecule has 5 heteroatoms. The van der Waals surface area contributed by atoms with Crippen LogP contribution in [0.15, 0.2) is 0 Å². The van der Waals surface area contributed by atoms with Crippen LogP contribution in [0.25, 0.3) is 0 Å². The van der Waals surface area contributed by atoms with E-state index in [1.807, 2.05) is 0 Å². The minimum atomic E-state index is -2.99. The van der Waals surface area contributed by atoms with Crippen molar-refractivity contribution in [2.45, 2.75) is 0 Å². The van der Waals surface area contributed by atoms with Crippen molar-refractivity contribution in [1.29, 1.82) is 0 Å². The summed E-state index contributed by atoms with van der Waals surface area (Å²) in [6.07, 6.45) is 3.25. The Morgan fingerprint density at radius 3 is 2.25 bits per heavy atom. The summed E-state index contributed by atoms with van der Waals surface area (Å²) in [7, 11) is -4.74. The van der Waals surface area contributed by atoms with Crippen LogP contribution < -0.4 is 0 Å². The maximum absolute atomic E-state index is 10.4. The van der Waals surface area contributed by atoms with Crippen LogP contribution >= 0.6 is 15.1 Å². The van der Waals surface area contributed by atoms with E-state index in [1.54, 1.807) is 0 Å². The molecule has 8 heavy (non-hydrogen) atoms. The van der Waals surface area contributed by atoms with E-state index in [0.29, 0.717) is 0 Å². The maximum atomic E-state index is 10.4. The van der Waals surface area contributed by atoms with Gasteiger partial charge in [0.15, 0.2) is 0 Å². The lowest BCUT2D eigenvalue weighted by atomic mass is 11.9. The van der Waals surface area contributed by atoms with Crippen molar-refractivity contribution in [3.8, 4) is 0 Å². The van der Waals surface area contributed by atoms with E-state index < -0.39 is 15.1 Å². The normalized spacial score (nSPS) is 21.9. The second-order valence-corrected chi connectivity index (χ2v) is 6.27. The van der Waals surface area contributed by atoms with E-state index in [1.165, 1.54) is 6.66 Å². The summed E-state index contributed by atoms with van der Waals surface area (Å²) >= 11 is 0. The van der Waals surface area contributed by atoms with E-state index in [-0.39, 0.29) is 5.90 Å². The summed E-state index contributed by atoms with van der Waals surface area (Å²) < 4.78 is 10.4. The van der Waals surface area contributed by atoms with Crippen LogP contribution in [0.4, 0.5) is 0 Å². The first-order valence-corrected chi connectivity index (χ1v) is 6.23. The largest absolute Gasteiger partial charge is 0.379 e. The van der Waals surface area contributed by atoms with Crippen molar-refractivity contribution in [3.63, 3.8) is 0 Å². The van der Waals surface area contributed by atoms with Crippen molar-refractivity contribution in [1.82, 2.24) is 0 Å². The highest BCUT2D eigenvalue weighted by molar-refractivity contribution is 7.71. The fourth-order valence-electron chi connectivity index (χ4n) is 0.339. The number of rotatable bonds is 2. The highest BCUT2D eigenvalue weighted by atomic mass is 31.2. The fourth-order valence-corrected chi connectivity index (χ4v) is 3.05.